The van der Waals surface area contributed by atoms with Gasteiger partial charge in [0.2, 0.25) is 0 Å². The molecule has 0 amide bonds. The predicted octanol–water partition coefficient (Wildman–Crippen LogP) is 8.29. The summed E-state index contributed by atoms with van der Waals surface area (Å²) in [5.74, 6) is -3.25. The van der Waals surface area contributed by atoms with Gasteiger partial charge < -0.3 is 14.3 Å². The fourth-order valence-electron chi connectivity index (χ4n) is 2.77. The number of Topliss-reactive ketones (excluding diaryl/α,β-unsaturated/α-hetero) is 1. The van der Waals surface area contributed by atoms with E-state index in [9.17, 15) is 18.4 Å². The largest absolute Gasteiger partial charge is 0.457 e. The molecule has 0 saturated carbocycles. The number of carbonyl (C=O) groups is 4. The molecule has 0 aliphatic rings. The summed E-state index contributed by atoms with van der Waals surface area (Å²) < 4.78 is 31.6. The number of aryl methyl sites for hydroxylation is 1. The van der Waals surface area contributed by atoms with Crippen molar-refractivity contribution in [3.8, 4) is 0 Å². The van der Waals surface area contributed by atoms with Gasteiger partial charge in [0.25, 0.3) is 5.92 Å². The van der Waals surface area contributed by atoms with E-state index in [-0.39, 0.29) is 23.4 Å². The fourth-order valence-corrected chi connectivity index (χ4v) is 3.84. The number of carbonyl (C=O) groups excluding carboxylic acids is 4. The number of thiophene rings is 1. The van der Waals surface area contributed by atoms with Crippen molar-refractivity contribution in [3.63, 3.8) is 0 Å². The first-order valence-electron chi connectivity index (χ1n) is 12.0. The van der Waals surface area contributed by atoms with Crippen LogP contribution in [0, 0.1) is 19.3 Å². The first-order chi connectivity index (χ1) is 17.2. The van der Waals surface area contributed by atoms with Crippen LogP contribution in [0.15, 0.2) is 35.5 Å². The van der Waals surface area contributed by atoms with Gasteiger partial charge in [-0.1, -0.05) is 65.3 Å². The SMILES string of the molecule is C=O.C=O.CC.CCC(C)(C)CC(=O)c1c(C)sc(C(=O)OC/C(C)=C/C=C\C=C(/C)C(C)(F)F)c1C. The van der Waals surface area contributed by atoms with E-state index in [4.69, 9.17) is 14.3 Å². The number of hydrogen-bond acceptors (Lipinski definition) is 6. The first kappa shape index (κ1) is 38.8. The molecule has 0 aromatic carbocycles. The monoisotopic (exact) mass is 542 g/mol. The fraction of sp³-hybridized carbons (Fsp3) is 0.517. The smallest absolute Gasteiger partial charge is 0.348 e. The third-order valence-corrected chi connectivity index (χ3v) is 6.53. The number of alkyl halides is 2. The summed E-state index contributed by atoms with van der Waals surface area (Å²) in [6.45, 7) is 21.9. The minimum Gasteiger partial charge on any atom is -0.457 e. The van der Waals surface area contributed by atoms with Crippen LogP contribution in [0.4, 0.5) is 8.78 Å². The molecule has 0 saturated heterocycles. The molecule has 0 unspecified atom stereocenters. The Hall–Kier alpha value is -2.74. The van der Waals surface area contributed by atoms with Crippen LogP contribution in [0.25, 0.3) is 0 Å². The normalized spacial score (nSPS) is 11.9. The molecule has 210 valence electrons. The van der Waals surface area contributed by atoms with Crippen molar-refractivity contribution in [2.75, 3.05) is 6.61 Å². The summed E-state index contributed by atoms with van der Waals surface area (Å²) in [6.07, 6.45) is 7.55. The lowest BCUT2D eigenvalue weighted by Gasteiger charge is -2.21. The molecule has 0 N–H and O–H groups in total. The van der Waals surface area contributed by atoms with Gasteiger partial charge in [0.15, 0.2) is 5.78 Å². The number of allylic oxidation sites excluding steroid dienone is 5. The van der Waals surface area contributed by atoms with Crippen molar-refractivity contribution in [2.45, 2.75) is 88.0 Å². The summed E-state index contributed by atoms with van der Waals surface area (Å²) in [4.78, 5) is 42.6. The Kier molecular flexibility index (Phi) is 20.3. The maximum absolute atomic E-state index is 13.1. The molecule has 1 rings (SSSR count). The van der Waals surface area contributed by atoms with Gasteiger partial charge in [-0.05, 0) is 49.8 Å². The quantitative estimate of drug-likeness (QED) is 0.169. The summed E-state index contributed by atoms with van der Waals surface area (Å²) in [6, 6.07) is 0. The molecular formula is C29H44F2O5S. The van der Waals surface area contributed by atoms with Crippen LogP contribution < -0.4 is 0 Å². The zero-order valence-corrected chi connectivity index (χ0v) is 24.9. The van der Waals surface area contributed by atoms with E-state index in [0.717, 1.165) is 23.8 Å². The molecule has 0 spiro atoms. The Morgan fingerprint density at radius 3 is 1.92 bits per heavy atom. The van der Waals surface area contributed by atoms with Gasteiger partial charge in [0.1, 0.15) is 25.1 Å². The number of esters is 1. The molecule has 0 bridgehead atoms. The molecular weight excluding hydrogens is 498 g/mol. The molecule has 1 aromatic heterocycles. The first-order valence-corrected chi connectivity index (χ1v) is 12.8. The topological polar surface area (TPSA) is 77.5 Å². The molecule has 0 atom stereocenters. The standard InChI is InChI=1S/C25H34F2O3S.C2H6.2CH2O/c1-9-24(6,7)14-20(28)21-18(4)22(31-19(21)5)23(29)30-15-16(2)12-10-11-13-17(3)25(8,26)27;3*1-2/h10-13H,9,14-15H2,1-8H3;1-2H3;2*1H2/b11-10-,16-12+,17-13+;;;. The molecule has 8 heteroatoms. The Bertz CT molecular complexity index is 933. The Balaban J connectivity index is -0.00000179. The molecule has 0 fully saturated rings. The van der Waals surface area contributed by atoms with Crippen LogP contribution >= 0.6 is 11.3 Å². The van der Waals surface area contributed by atoms with Gasteiger partial charge in [-0.2, -0.15) is 0 Å². The van der Waals surface area contributed by atoms with E-state index in [0.29, 0.717) is 22.4 Å². The van der Waals surface area contributed by atoms with E-state index in [1.807, 2.05) is 34.3 Å². The van der Waals surface area contributed by atoms with Crippen LogP contribution in [0.3, 0.4) is 0 Å². The number of ether oxygens (including phenoxy) is 1. The van der Waals surface area contributed by atoms with Gasteiger partial charge in [0, 0.05) is 23.8 Å². The molecule has 0 radical (unpaired) electrons. The van der Waals surface area contributed by atoms with Gasteiger partial charge in [0.05, 0.1) is 0 Å². The van der Waals surface area contributed by atoms with E-state index in [1.54, 1.807) is 26.0 Å². The average molecular weight is 543 g/mol. The second-order valence-electron chi connectivity index (χ2n) is 8.82. The van der Waals surface area contributed by atoms with Crippen molar-refractivity contribution in [3.05, 3.63) is 56.3 Å². The van der Waals surface area contributed by atoms with Crippen molar-refractivity contribution in [1.82, 2.24) is 0 Å². The lowest BCUT2D eigenvalue weighted by molar-refractivity contribution is -0.0987. The maximum atomic E-state index is 13.1. The summed E-state index contributed by atoms with van der Waals surface area (Å²) in [5, 5.41) is 0. The number of hydrogen-bond donors (Lipinski definition) is 0. The zero-order chi connectivity index (χ0) is 30.0. The molecule has 1 aromatic rings. The van der Waals surface area contributed by atoms with Crippen LogP contribution in [0.5, 0.6) is 0 Å². The Labute approximate surface area is 225 Å². The maximum Gasteiger partial charge on any atom is 0.348 e. The van der Waals surface area contributed by atoms with Gasteiger partial charge in [-0.15, -0.1) is 11.3 Å². The van der Waals surface area contributed by atoms with Crippen molar-refractivity contribution < 1.29 is 32.7 Å². The lowest BCUT2D eigenvalue weighted by atomic mass is 9.83. The highest BCUT2D eigenvalue weighted by Gasteiger charge is 2.27. The van der Waals surface area contributed by atoms with Crippen LogP contribution in [0.2, 0.25) is 0 Å². The molecule has 37 heavy (non-hydrogen) atoms. The minimum absolute atomic E-state index is 0.0301. The van der Waals surface area contributed by atoms with Crippen LogP contribution in [-0.4, -0.2) is 37.9 Å². The second kappa shape index (κ2) is 19.4. The van der Waals surface area contributed by atoms with Crippen molar-refractivity contribution in [2.24, 2.45) is 5.41 Å². The molecule has 0 aliphatic heterocycles. The number of rotatable bonds is 10. The lowest BCUT2D eigenvalue weighted by Crippen LogP contribution is -2.17. The van der Waals surface area contributed by atoms with E-state index < -0.39 is 11.9 Å². The second-order valence-corrected chi connectivity index (χ2v) is 10.0. The van der Waals surface area contributed by atoms with E-state index >= 15 is 0 Å². The third kappa shape index (κ3) is 14.6. The van der Waals surface area contributed by atoms with Crippen molar-refractivity contribution in [1.29, 1.82) is 0 Å². The predicted molar refractivity (Wildman–Crippen MR) is 150 cm³/mol. The summed E-state index contributed by atoms with van der Waals surface area (Å²) in [5.41, 5.74) is 1.95. The summed E-state index contributed by atoms with van der Waals surface area (Å²) >= 11 is 1.28. The van der Waals surface area contributed by atoms with Gasteiger partial charge in [-0.25, -0.2) is 13.6 Å². The zero-order valence-electron chi connectivity index (χ0n) is 24.1. The summed E-state index contributed by atoms with van der Waals surface area (Å²) in [7, 11) is 0. The van der Waals surface area contributed by atoms with Gasteiger partial charge in [-0.3, -0.25) is 4.79 Å². The average Bonchev–Trinajstić information content (AvgIpc) is 3.16. The van der Waals surface area contributed by atoms with E-state index in [2.05, 4.69) is 20.8 Å². The highest BCUT2D eigenvalue weighted by Crippen LogP contribution is 2.33. The molecule has 1 heterocycles. The van der Waals surface area contributed by atoms with Crippen molar-refractivity contribution >= 4 is 36.7 Å². The molecule has 5 nitrogen and oxygen atoms in total. The van der Waals surface area contributed by atoms with Crippen LogP contribution in [0.1, 0.15) is 98.7 Å². The number of halogens is 2. The highest BCUT2D eigenvalue weighted by atomic mass is 32.1. The minimum atomic E-state index is -2.85. The Morgan fingerprint density at radius 2 is 1.46 bits per heavy atom. The Morgan fingerprint density at radius 1 is 0.973 bits per heavy atom. The van der Waals surface area contributed by atoms with E-state index in [1.165, 1.54) is 30.4 Å². The molecule has 0 aliphatic carbocycles. The highest BCUT2D eigenvalue weighted by molar-refractivity contribution is 7.14. The number of ketones is 1. The van der Waals surface area contributed by atoms with Crippen LogP contribution in [-0.2, 0) is 14.3 Å². The van der Waals surface area contributed by atoms with Gasteiger partial charge >= 0.3 is 5.97 Å². The third-order valence-electron chi connectivity index (χ3n) is 5.34.